The molecule has 4 rings (SSSR count). The number of nitrogens with one attached hydrogen (secondary N) is 2. The van der Waals surface area contributed by atoms with E-state index in [1.165, 1.54) is 5.56 Å². The third-order valence-electron chi connectivity index (χ3n) is 6.49. The summed E-state index contributed by atoms with van der Waals surface area (Å²) in [4.78, 5) is 27.3. The number of anilines is 2. The molecular formula is C25H32N4O2. The van der Waals surface area contributed by atoms with E-state index in [1.807, 2.05) is 23.1 Å². The number of fused-ring (bicyclic) bond motifs is 1. The molecule has 0 saturated heterocycles. The summed E-state index contributed by atoms with van der Waals surface area (Å²) in [6.45, 7) is 6.76. The summed E-state index contributed by atoms with van der Waals surface area (Å²) in [5, 5.41) is 6.55. The minimum Gasteiger partial charge on any atom is -0.378 e. The third kappa shape index (κ3) is 4.30. The van der Waals surface area contributed by atoms with Gasteiger partial charge in [-0.2, -0.15) is 0 Å². The fraction of sp³-hybridized carbons (Fsp3) is 0.440. The number of hydrogen-bond donors (Lipinski definition) is 3. The van der Waals surface area contributed by atoms with E-state index in [0.29, 0.717) is 24.6 Å². The van der Waals surface area contributed by atoms with Crippen LogP contribution in [0.3, 0.4) is 0 Å². The van der Waals surface area contributed by atoms with Crippen LogP contribution in [0.4, 0.5) is 11.4 Å². The molecule has 0 unspecified atom stereocenters. The molecule has 6 heteroatoms. The van der Waals surface area contributed by atoms with E-state index in [2.05, 4.69) is 48.7 Å². The maximum absolute atomic E-state index is 12.7. The lowest BCUT2D eigenvalue weighted by Gasteiger charge is -2.46. The highest BCUT2D eigenvalue weighted by Gasteiger charge is 2.47. The first kappa shape index (κ1) is 21.4. The number of hydrogen-bond acceptors (Lipinski definition) is 4. The quantitative estimate of drug-likeness (QED) is 0.666. The van der Waals surface area contributed by atoms with Crippen LogP contribution in [0.25, 0.3) is 0 Å². The fourth-order valence-corrected chi connectivity index (χ4v) is 4.82. The number of aryl methyl sites for hydroxylation is 1. The van der Waals surface area contributed by atoms with Crippen molar-refractivity contribution in [2.45, 2.75) is 45.7 Å². The lowest BCUT2D eigenvalue weighted by atomic mass is 9.79. The molecule has 164 valence electrons. The highest BCUT2D eigenvalue weighted by molar-refractivity contribution is 5.98. The Bertz CT molecular complexity index is 968. The van der Waals surface area contributed by atoms with Gasteiger partial charge in [0.25, 0.3) is 5.91 Å². The molecule has 0 aromatic heterocycles. The van der Waals surface area contributed by atoms with Gasteiger partial charge in [0.15, 0.2) is 0 Å². The van der Waals surface area contributed by atoms with Gasteiger partial charge in [0, 0.05) is 48.9 Å². The molecule has 0 spiro atoms. The van der Waals surface area contributed by atoms with Crippen LogP contribution in [0, 0.1) is 18.8 Å². The molecule has 2 aromatic carbocycles. The second-order valence-electron chi connectivity index (χ2n) is 8.88. The Morgan fingerprint density at radius 3 is 2.45 bits per heavy atom. The molecule has 3 atom stereocenters. The molecule has 1 saturated carbocycles. The van der Waals surface area contributed by atoms with Crippen molar-refractivity contribution in [1.82, 2.24) is 5.32 Å². The number of nitrogens with two attached hydrogens (primary N) is 1. The number of rotatable bonds is 6. The number of carbonyl (C=O) groups excluding carboxylic acids is 2. The van der Waals surface area contributed by atoms with Gasteiger partial charge in [-0.25, -0.2) is 0 Å². The van der Waals surface area contributed by atoms with E-state index in [1.54, 1.807) is 6.92 Å². The van der Waals surface area contributed by atoms with Crippen molar-refractivity contribution in [2.24, 2.45) is 17.6 Å². The average Bonchev–Trinajstić information content (AvgIpc) is 3.59. The zero-order valence-corrected chi connectivity index (χ0v) is 18.5. The Morgan fingerprint density at radius 1 is 1.13 bits per heavy atom. The summed E-state index contributed by atoms with van der Waals surface area (Å²) in [7, 11) is 0. The van der Waals surface area contributed by atoms with Crippen LogP contribution in [0.15, 0.2) is 42.5 Å². The minimum atomic E-state index is -0.145. The number of benzene rings is 2. The summed E-state index contributed by atoms with van der Waals surface area (Å²) in [6.07, 6.45) is 2.32. The van der Waals surface area contributed by atoms with Gasteiger partial charge >= 0.3 is 0 Å². The lowest BCUT2D eigenvalue weighted by molar-refractivity contribution is -0.117. The van der Waals surface area contributed by atoms with Crippen molar-refractivity contribution in [3.63, 3.8) is 0 Å². The standard InChI is InChI=1S/C25H32N4O2/c1-15-4-9-20(10-5-15)28-23-16(2)24(18-6-7-18)29(17(3)30)22-11-8-19(14-21(22)23)25(31)27-13-12-26/h4-5,8-11,14,16,18,23-24,28H,6-7,12-13,26H2,1-3H3,(H,27,31)/t16-,23-,24-/m1/s1. The van der Waals surface area contributed by atoms with Gasteiger partial charge in [-0.3, -0.25) is 9.59 Å². The summed E-state index contributed by atoms with van der Waals surface area (Å²) in [6, 6.07) is 14.2. The molecule has 6 nitrogen and oxygen atoms in total. The summed E-state index contributed by atoms with van der Waals surface area (Å²) < 4.78 is 0. The first-order chi connectivity index (χ1) is 14.9. The van der Waals surface area contributed by atoms with Gasteiger partial charge in [-0.05, 0) is 61.6 Å². The van der Waals surface area contributed by atoms with Crippen LogP contribution in [-0.4, -0.2) is 30.9 Å². The highest BCUT2D eigenvalue weighted by Crippen LogP contribution is 2.50. The van der Waals surface area contributed by atoms with Crippen molar-refractivity contribution in [2.75, 3.05) is 23.3 Å². The molecule has 1 heterocycles. The third-order valence-corrected chi connectivity index (χ3v) is 6.49. The molecule has 31 heavy (non-hydrogen) atoms. The molecule has 1 aliphatic heterocycles. The Hall–Kier alpha value is -2.86. The van der Waals surface area contributed by atoms with Gasteiger partial charge in [0.2, 0.25) is 5.91 Å². The largest absolute Gasteiger partial charge is 0.378 e. The summed E-state index contributed by atoms with van der Waals surface area (Å²) >= 11 is 0. The van der Waals surface area contributed by atoms with Gasteiger partial charge in [0.1, 0.15) is 0 Å². The topological polar surface area (TPSA) is 87.5 Å². The van der Waals surface area contributed by atoms with Crippen molar-refractivity contribution in [1.29, 1.82) is 0 Å². The Morgan fingerprint density at radius 2 is 1.84 bits per heavy atom. The predicted octanol–water partition coefficient (Wildman–Crippen LogP) is 3.62. The average molecular weight is 421 g/mol. The van der Waals surface area contributed by atoms with Crippen molar-refractivity contribution in [3.8, 4) is 0 Å². The zero-order valence-electron chi connectivity index (χ0n) is 18.5. The van der Waals surface area contributed by atoms with Gasteiger partial charge in [-0.15, -0.1) is 0 Å². The van der Waals surface area contributed by atoms with Crippen molar-refractivity contribution in [3.05, 3.63) is 59.2 Å². The smallest absolute Gasteiger partial charge is 0.251 e. The van der Waals surface area contributed by atoms with Crippen LogP contribution in [-0.2, 0) is 4.79 Å². The molecule has 2 aromatic rings. The number of carbonyl (C=O) groups is 2. The van der Waals surface area contributed by atoms with Crippen molar-refractivity contribution >= 4 is 23.2 Å². The van der Waals surface area contributed by atoms with Gasteiger partial charge in [-0.1, -0.05) is 24.6 Å². The highest BCUT2D eigenvalue weighted by atomic mass is 16.2. The first-order valence-corrected chi connectivity index (χ1v) is 11.2. The lowest BCUT2D eigenvalue weighted by Crippen LogP contribution is -2.51. The molecule has 0 bridgehead atoms. The summed E-state index contributed by atoms with van der Waals surface area (Å²) in [5.74, 6) is 0.641. The van der Waals surface area contributed by atoms with E-state index in [0.717, 1.165) is 29.8 Å². The van der Waals surface area contributed by atoms with E-state index >= 15 is 0 Å². The van der Waals surface area contributed by atoms with E-state index < -0.39 is 0 Å². The van der Waals surface area contributed by atoms with Crippen LogP contribution < -0.4 is 21.3 Å². The Kier molecular flexibility index (Phi) is 6.01. The van der Waals surface area contributed by atoms with Gasteiger partial charge in [0.05, 0.1) is 6.04 Å². The van der Waals surface area contributed by atoms with E-state index in [4.69, 9.17) is 5.73 Å². The SMILES string of the molecule is CC(=O)N1c2ccc(C(=O)NCCN)cc2[C@H](Nc2ccc(C)cc2)[C@@H](C)[C@@H]1C1CC1. The normalized spacial score (nSPS) is 22.6. The van der Waals surface area contributed by atoms with Gasteiger partial charge < -0.3 is 21.3 Å². The Balaban J connectivity index is 1.77. The minimum absolute atomic E-state index is 0.00108. The maximum atomic E-state index is 12.7. The van der Waals surface area contributed by atoms with E-state index in [-0.39, 0.29) is 29.8 Å². The van der Waals surface area contributed by atoms with Crippen LogP contribution in [0.5, 0.6) is 0 Å². The molecule has 4 N–H and O–H groups in total. The van der Waals surface area contributed by atoms with E-state index in [9.17, 15) is 9.59 Å². The molecule has 1 fully saturated rings. The number of amides is 2. The maximum Gasteiger partial charge on any atom is 0.251 e. The summed E-state index contributed by atoms with van der Waals surface area (Å²) in [5.41, 5.74) is 10.3. The van der Waals surface area contributed by atoms with Crippen LogP contribution in [0.1, 0.15) is 54.2 Å². The molecular weight excluding hydrogens is 388 g/mol. The monoisotopic (exact) mass is 420 g/mol. The molecule has 1 aliphatic carbocycles. The first-order valence-electron chi connectivity index (χ1n) is 11.2. The molecule has 2 amide bonds. The second kappa shape index (κ2) is 8.71. The van der Waals surface area contributed by atoms with Crippen LogP contribution in [0.2, 0.25) is 0 Å². The Labute approximate surface area is 184 Å². The van der Waals surface area contributed by atoms with Crippen molar-refractivity contribution < 1.29 is 9.59 Å². The second-order valence-corrected chi connectivity index (χ2v) is 8.88. The fourth-order valence-electron chi connectivity index (χ4n) is 4.82. The number of nitrogens with zero attached hydrogens (tertiary/aromatic N) is 1. The van der Waals surface area contributed by atoms with Crippen LogP contribution >= 0.6 is 0 Å². The molecule has 0 radical (unpaired) electrons. The predicted molar refractivity (Wildman–Crippen MR) is 124 cm³/mol. The molecule has 2 aliphatic rings. The zero-order chi connectivity index (χ0) is 22.1.